The van der Waals surface area contributed by atoms with Crippen LogP contribution in [0, 0.1) is 0 Å². The van der Waals surface area contributed by atoms with Crippen LogP contribution in [0.25, 0.3) is 0 Å². The summed E-state index contributed by atoms with van der Waals surface area (Å²) >= 11 is 0. The second-order valence-electron chi connectivity index (χ2n) is 4.67. The van der Waals surface area contributed by atoms with Gasteiger partial charge in [0.25, 0.3) is 0 Å². The van der Waals surface area contributed by atoms with Crippen molar-refractivity contribution >= 4 is 5.69 Å². The van der Waals surface area contributed by atoms with E-state index in [0.29, 0.717) is 6.04 Å². The van der Waals surface area contributed by atoms with Crippen LogP contribution in [-0.4, -0.2) is 12.6 Å². The maximum absolute atomic E-state index is 5.84. The monoisotopic (exact) mass is 220 g/mol. The summed E-state index contributed by atoms with van der Waals surface area (Å²) < 4.78 is 0. The number of benzene rings is 1. The van der Waals surface area contributed by atoms with Crippen LogP contribution >= 0.6 is 0 Å². The average molecular weight is 220 g/mol. The van der Waals surface area contributed by atoms with E-state index in [1.807, 2.05) is 6.92 Å². The molecule has 0 saturated heterocycles. The van der Waals surface area contributed by atoms with Crippen molar-refractivity contribution < 1.29 is 0 Å². The minimum Gasteiger partial charge on any atom is -0.369 e. The molecule has 90 valence electrons. The zero-order valence-corrected chi connectivity index (χ0v) is 10.9. The molecule has 2 heteroatoms. The SMILES string of the molecule is CCCN(c1ccc(C(C)N)cc1)C(C)C. The highest BCUT2D eigenvalue weighted by Crippen LogP contribution is 2.20. The van der Waals surface area contributed by atoms with Gasteiger partial charge in [0.15, 0.2) is 0 Å². The molecule has 0 aliphatic carbocycles. The first-order chi connectivity index (χ1) is 7.56. The Kier molecular flexibility index (Phi) is 4.81. The van der Waals surface area contributed by atoms with Gasteiger partial charge in [-0.2, -0.15) is 0 Å². The quantitative estimate of drug-likeness (QED) is 0.824. The Morgan fingerprint density at radius 2 is 1.69 bits per heavy atom. The fourth-order valence-electron chi connectivity index (χ4n) is 1.90. The van der Waals surface area contributed by atoms with Gasteiger partial charge in [-0.1, -0.05) is 19.1 Å². The largest absolute Gasteiger partial charge is 0.369 e. The van der Waals surface area contributed by atoms with Gasteiger partial charge < -0.3 is 10.6 Å². The Morgan fingerprint density at radius 3 is 2.06 bits per heavy atom. The smallest absolute Gasteiger partial charge is 0.0368 e. The summed E-state index contributed by atoms with van der Waals surface area (Å²) in [6.07, 6.45) is 1.17. The predicted molar refractivity (Wildman–Crippen MR) is 71.8 cm³/mol. The molecular formula is C14H24N2. The van der Waals surface area contributed by atoms with Gasteiger partial charge in [0.2, 0.25) is 0 Å². The van der Waals surface area contributed by atoms with Gasteiger partial charge >= 0.3 is 0 Å². The molecule has 1 rings (SSSR count). The number of anilines is 1. The summed E-state index contributed by atoms with van der Waals surface area (Å²) in [6, 6.07) is 9.27. The van der Waals surface area contributed by atoms with E-state index in [2.05, 4.69) is 49.9 Å². The van der Waals surface area contributed by atoms with E-state index in [4.69, 9.17) is 5.73 Å². The number of hydrogen-bond donors (Lipinski definition) is 1. The molecule has 1 aromatic carbocycles. The van der Waals surface area contributed by atoms with E-state index in [1.165, 1.54) is 17.7 Å². The number of nitrogens with zero attached hydrogens (tertiary/aromatic N) is 1. The maximum atomic E-state index is 5.84. The van der Waals surface area contributed by atoms with Gasteiger partial charge in [0.05, 0.1) is 0 Å². The molecule has 0 radical (unpaired) electrons. The number of hydrogen-bond acceptors (Lipinski definition) is 2. The summed E-state index contributed by atoms with van der Waals surface area (Å²) in [7, 11) is 0. The lowest BCUT2D eigenvalue weighted by Gasteiger charge is -2.29. The summed E-state index contributed by atoms with van der Waals surface area (Å²) in [5.74, 6) is 0. The van der Waals surface area contributed by atoms with Crippen molar-refractivity contribution in [3.63, 3.8) is 0 Å². The summed E-state index contributed by atoms with van der Waals surface area (Å²) in [6.45, 7) is 9.80. The van der Waals surface area contributed by atoms with Gasteiger partial charge in [-0.25, -0.2) is 0 Å². The fourth-order valence-corrected chi connectivity index (χ4v) is 1.90. The highest BCUT2D eigenvalue weighted by molar-refractivity contribution is 5.48. The minimum absolute atomic E-state index is 0.118. The van der Waals surface area contributed by atoms with Crippen molar-refractivity contribution in [2.75, 3.05) is 11.4 Å². The summed E-state index contributed by atoms with van der Waals surface area (Å²) in [5.41, 5.74) is 8.34. The Hall–Kier alpha value is -1.02. The zero-order valence-electron chi connectivity index (χ0n) is 10.9. The van der Waals surface area contributed by atoms with E-state index < -0.39 is 0 Å². The third-order valence-electron chi connectivity index (χ3n) is 2.84. The molecule has 16 heavy (non-hydrogen) atoms. The Morgan fingerprint density at radius 1 is 1.12 bits per heavy atom. The molecule has 1 aromatic rings. The molecule has 0 amide bonds. The van der Waals surface area contributed by atoms with Crippen LogP contribution in [0.3, 0.4) is 0 Å². The lowest BCUT2D eigenvalue weighted by Crippen LogP contribution is -2.31. The molecule has 1 atom stereocenters. The van der Waals surface area contributed by atoms with Gasteiger partial charge in [-0.15, -0.1) is 0 Å². The lowest BCUT2D eigenvalue weighted by molar-refractivity contribution is 0.671. The highest BCUT2D eigenvalue weighted by atomic mass is 15.1. The van der Waals surface area contributed by atoms with Crippen molar-refractivity contribution in [3.05, 3.63) is 29.8 Å². The number of rotatable bonds is 5. The Bertz CT molecular complexity index is 301. The first kappa shape index (κ1) is 13.0. The van der Waals surface area contributed by atoms with Gasteiger partial charge in [0.1, 0.15) is 0 Å². The van der Waals surface area contributed by atoms with E-state index in [9.17, 15) is 0 Å². The normalized spacial score (nSPS) is 12.9. The van der Waals surface area contributed by atoms with Crippen LogP contribution in [0.5, 0.6) is 0 Å². The van der Waals surface area contributed by atoms with Crippen molar-refractivity contribution in [2.45, 2.75) is 46.2 Å². The van der Waals surface area contributed by atoms with Crippen molar-refractivity contribution in [1.82, 2.24) is 0 Å². The van der Waals surface area contributed by atoms with E-state index in [1.54, 1.807) is 0 Å². The molecule has 0 spiro atoms. The van der Waals surface area contributed by atoms with Crippen LogP contribution in [0.4, 0.5) is 5.69 Å². The van der Waals surface area contributed by atoms with Crippen molar-refractivity contribution in [3.8, 4) is 0 Å². The third-order valence-corrected chi connectivity index (χ3v) is 2.84. The second-order valence-corrected chi connectivity index (χ2v) is 4.67. The molecule has 2 N–H and O–H groups in total. The minimum atomic E-state index is 0.118. The van der Waals surface area contributed by atoms with E-state index in [-0.39, 0.29) is 6.04 Å². The molecule has 0 bridgehead atoms. The fraction of sp³-hybridized carbons (Fsp3) is 0.571. The molecule has 0 fully saturated rings. The standard InChI is InChI=1S/C14H24N2/c1-5-10-16(11(2)3)14-8-6-13(7-9-14)12(4)15/h6-9,11-12H,5,10,15H2,1-4H3. The zero-order chi connectivity index (χ0) is 12.1. The van der Waals surface area contributed by atoms with Crippen LogP contribution in [0.2, 0.25) is 0 Å². The molecule has 0 aliphatic rings. The number of nitrogens with two attached hydrogens (primary N) is 1. The van der Waals surface area contributed by atoms with Crippen LogP contribution < -0.4 is 10.6 Å². The highest BCUT2D eigenvalue weighted by Gasteiger charge is 2.09. The summed E-state index contributed by atoms with van der Waals surface area (Å²) in [5, 5.41) is 0. The molecule has 0 aliphatic heterocycles. The average Bonchev–Trinajstić information content (AvgIpc) is 2.25. The van der Waals surface area contributed by atoms with Crippen molar-refractivity contribution in [2.24, 2.45) is 5.73 Å². The predicted octanol–water partition coefficient (Wildman–Crippen LogP) is 3.33. The molecule has 0 saturated carbocycles. The topological polar surface area (TPSA) is 29.3 Å². The molecule has 2 nitrogen and oxygen atoms in total. The third kappa shape index (κ3) is 3.24. The van der Waals surface area contributed by atoms with Crippen LogP contribution in [-0.2, 0) is 0 Å². The van der Waals surface area contributed by atoms with Gasteiger partial charge in [0, 0.05) is 24.3 Å². The lowest BCUT2D eigenvalue weighted by atomic mass is 10.1. The van der Waals surface area contributed by atoms with Crippen LogP contribution in [0.1, 0.15) is 45.7 Å². The second kappa shape index (κ2) is 5.90. The summed E-state index contributed by atoms with van der Waals surface area (Å²) in [4.78, 5) is 2.42. The molecule has 0 aromatic heterocycles. The van der Waals surface area contributed by atoms with Gasteiger partial charge in [-0.05, 0) is 44.9 Å². The molecular weight excluding hydrogens is 196 g/mol. The first-order valence-corrected chi connectivity index (χ1v) is 6.18. The maximum Gasteiger partial charge on any atom is 0.0368 e. The molecule has 1 unspecified atom stereocenters. The van der Waals surface area contributed by atoms with E-state index in [0.717, 1.165) is 6.54 Å². The van der Waals surface area contributed by atoms with E-state index >= 15 is 0 Å². The van der Waals surface area contributed by atoms with Crippen molar-refractivity contribution in [1.29, 1.82) is 0 Å². The van der Waals surface area contributed by atoms with Gasteiger partial charge in [-0.3, -0.25) is 0 Å². The van der Waals surface area contributed by atoms with Crippen LogP contribution in [0.15, 0.2) is 24.3 Å². The Labute approximate surface area is 99.5 Å². The Balaban J connectivity index is 2.85. The first-order valence-electron chi connectivity index (χ1n) is 6.18. The molecule has 0 heterocycles.